The second-order valence-corrected chi connectivity index (χ2v) is 6.54. The van der Waals surface area contributed by atoms with Crippen LogP contribution in [0.15, 0.2) is 0 Å². The van der Waals surface area contributed by atoms with E-state index in [4.69, 9.17) is 10.5 Å². The van der Waals surface area contributed by atoms with Crippen molar-refractivity contribution in [2.24, 2.45) is 0 Å². The van der Waals surface area contributed by atoms with Crippen LogP contribution in [0.2, 0.25) is 0 Å². The highest BCUT2D eigenvalue weighted by Crippen LogP contribution is 2.31. The smallest absolute Gasteiger partial charge is 0.102 e. The van der Waals surface area contributed by atoms with Gasteiger partial charge in [0, 0.05) is 14.3 Å². The summed E-state index contributed by atoms with van der Waals surface area (Å²) in [6.45, 7) is 0. The summed E-state index contributed by atoms with van der Waals surface area (Å²) in [4.78, 5) is 0. The molecule has 1 aromatic rings. The molecule has 0 saturated carbocycles. The van der Waals surface area contributed by atoms with Crippen LogP contribution in [0.1, 0.15) is 11.1 Å². The molecule has 6 heteroatoms. The van der Waals surface area contributed by atoms with Crippen LogP contribution in [0.5, 0.6) is 0 Å². The van der Waals surface area contributed by atoms with Crippen molar-refractivity contribution in [1.29, 1.82) is 10.5 Å². The van der Waals surface area contributed by atoms with Gasteiger partial charge in [0.15, 0.2) is 0 Å². The van der Waals surface area contributed by atoms with Gasteiger partial charge < -0.3 is 0 Å². The van der Waals surface area contributed by atoms with Crippen LogP contribution in [0, 0.1) is 36.9 Å². The molecular weight excluding hydrogens is 632 g/mol. The highest BCUT2D eigenvalue weighted by molar-refractivity contribution is 14.1. The molecule has 1 rings (SSSR count). The Labute approximate surface area is 136 Å². The molecule has 70 valence electrons. The van der Waals surface area contributed by atoms with Gasteiger partial charge in [-0.05, 0) is 90.4 Å². The maximum absolute atomic E-state index is 8.96. The third-order valence-corrected chi connectivity index (χ3v) is 8.90. The molecule has 14 heavy (non-hydrogen) atoms. The first kappa shape index (κ1) is 13.2. The molecule has 0 aliphatic carbocycles. The number of halogens is 4. The van der Waals surface area contributed by atoms with Crippen molar-refractivity contribution >= 4 is 90.4 Å². The van der Waals surface area contributed by atoms with E-state index in [2.05, 4.69) is 103 Å². The number of rotatable bonds is 0. The Bertz CT molecular complexity index is 437. The zero-order valence-corrected chi connectivity index (χ0v) is 15.0. The van der Waals surface area contributed by atoms with E-state index in [0.717, 1.165) is 14.3 Å². The summed E-state index contributed by atoms with van der Waals surface area (Å²) in [7, 11) is 0. The molecular formula is C8I4N2. The normalized spacial score (nSPS) is 9.29. The van der Waals surface area contributed by atoms with E-state index < -0.39 is 0 Å². The quantitative estimate of drug-likeness (QED) is 0.248. The predicted octanol–water partition coefficient (Wildman–Crippen LogP) is 3.85. The lowest BCUT2D eigenvalue weighted by molar-refractivity contribution is 1.35. The Morgan fingerprint density at radius 1 is 0.643 bits per heavy atom. The first-order valence-electron chi connectivity index (χ1n) is 3.20. The van der Waals surface area contributed by atoms with Crippen LogP contribution in [0.25, 0.3) is 0 Å². The summed E-state index contributed by atoms with van der Waals surface area (Å²) in [5.41, 5.74) is 0.977. The number of hydrogen-bond acceptors (Lipinski definition) is 2. The average Bonchev–Trinajstić information content (AvgIpc) is 2.20. The minimum absolute atomic E-state index is 0.488. The van der Waals surface area contributed by atoms with E-state index >= 15 is 0 Å². The molecule has 0 saturated heterocycles. The van der Waals surface area contributed by atoms with Gasteiger partial charge in [-0.15, -0.1) is 0 Å². The first-order valence-corrected chi connectivity index (χ1v) is 7.52. The molecule has 0 spiro atoms. The van der Waals surface area contributed by atoms with Gasteiger partial charge >= 0.3 is 0 Å². The molecule has 0 unspecified atom stereocenters. The molecule has 0 heterocycles. The van der Waals surface area contributed by atoms with Crippen molar-refractivity contribution in [3.63, 3.8) is 0 Å². The van der Waals surface area contributed by atoms with Crippen molar-refractivity contribution in [1.82, 2.24) is 0 Å². The number of hydrogen-bond donors (Lipinski definition) is 0. The molecule has 0 aliphatic rings. The molecule has 0 aromatic heterocycles. The maximum Gasteiger partial charge on any atom is 0.102 e. The van der Waals surface area contributed by atoms with E-state index in [-0.39, 0.29) is 0 Å². The van der Waals surface area contributed by atoms with Crippen LogP contribution in [-0.4, -0.2) is 0 Å². The van der Waals surface area contributed by atoms with Gasteiger partial charge in [0.25, 0.3) is 0 Å². The Morgan fingerprint density at radius 2 is 0.929 bits per heavy atom. The minimum Gasteiger partial charge on any atom is -0.192 e. The first-order chi connectivity index (χ1) is 6.54. The topological polar surface area (TPSA) is 47.6 Å². The molecule has 1 aromatic carbocycles. The minimum atomic E-state index is 0.488. The number of nitriles is 2. The lowest BCUT2D eigenvalue weighted by Crippen LogP contribution is -2.00. The summed E-state index contributed by atoms with van der Waals surface area (Å²) in [6.07, 6.45) is 0. The molecule has 0 bridgehead atoms. The van der Waals surface area contributed by atoms with Crippen LogP contribution in [0.3, 0.4) is 0 Å². The van der Waals surface area contributed by atoms with E-state index in [1.165, 1.54) is 0 Å². The fraction of sp³-hybridized carbons (Fsp3) is 0. The Balaban J connectivity index is 3.79. The Morgan fingerprint density at radius 3 is 1.14 bits per heavy atom. The highest BCUT2D eigenvalue weighted by atomic mass is 127. The molecule has 0 amide bonds. The molecule has 0 fully saturated rings. The van der Waals surface area contributed by atoms with E-state index in [0.29, 0.717) is 11.1 Å². The zero-order chi connectivity index (χ0) is 10.9. The summed E-state index contributed by atoms with van der Waals surface area (Å²) in [5.74, 6) is 0. The summed E-state index contributed by atoms with van der Waals surface area (Å²) >= 11 is 8.61. The van der Waals surface area contributed by atoms with E-state index in [1.54, 1.807) is 0 Å². The summed E-state index contributed by atoms with van der Waals surface area (Å²) in [5, 5.41) is 17.9. The lowest BCUT2D eigenvalue weighted by atomic mass is 10.1. The largest absolute Gasteiger partial charge is 0.192 e. The maximum atomic E-state index is 8.96. The second-order valence-electron chi connectivity index (χ2n) is 2.23. The summed E-state index contributed by atoms with van der Waals surface area (Å²) < 4.78 is 3.83. The fourth-order valence-electron chi connectivity index (χ4n) is 0.842. The van der Waals surface area contributed by atoms with Crippen molar-refractivity contribution in [2.45, 2.75) is 0 Å². The van der Waals surface area contributed by atoms with Crippen molar-refractivity contribution in [3.05, 3.63) is 25.4 Å². The Hall–Kier alpha value is 1.12. The van der Waals surface area contributed by atoms with E-state index in [1.807, 2.05) is 0 Å². The van der Waals surface area contributed by atoms with Gasteiger partial charge in [-0.3, -0.25) is 0 Å². The monoisotopic (exact) mass is 632 g/mol. The van der Waals surface area contributed by atoms with Crippen molar-refractivity contribution in [2.75, 3.05) is 0 Å². The molecule has 0 N–H and O–H groups in total. The van der Waals surface area contributed by atoms with Crippen LogP contribution >= 0.6 is 90.4 Å². The Kier molecular flexibility index (Phi) is 5.13. The SMILES string of the molecule is N#Cc1c(I)c(I)c(I)c(I)c1C#N. The van der Waals surface area contributed by atoms with Crippen LogP contribution in [-0.2, 0) is 0 Å². The second kappa shape index (κ2) is 5.45. The van der Waals surface area contributed by atoms with Crippen LogP contribution < -0.4 is 0 Å². The predicted molar refractivity (Wildman–Crippen MR) is 86.7 cm³/mol. The number of benzene rings is 1. The number of nitrogens with zero attached hydrogens (tertiary/aromatic N) is 2. The lowest BCUT2D eigenvalue weighted by Gasteiger charge is -2.07. The molecule has 2 nitrogen and oxygen atoms in total. The average molecular weight is 632 g/mol. The van der Waals surface area contributed by atoms with E-state index in [9.17, 15) is 0 Å². The van der Waals surface area contributed by atoms with Gasteiger partial charge in [0.1, 0.15) is 12.1 Å². The van der Waals surface area contributed by atoms with Crippen LogP contribution in [0.4, 0.5) is 0 Å². The van der Waals surface area contributed by atoms with Gasteiger partial charge in [-0.1, -0.05) is 0 Å². The standard InChI is InChI=1S/C8I4N2/c9-5-3(1-13)4(2-14)6(10)8(12)7(5)11. The molecule has 0 aliphatic heterocycles. The zero-order valence-electron chi connectivity index (χ0n) is 6.41. The van der Waals surface area contributed by atoms with Gasteiger partial charge in [-0.2, -0.15) is 10.5 Å². The third kappa shape index (κ3) is 2.27. The highest BCUT2D eigenvalue weighted by Gasteiger charge is 2.18. The van der Waals surface area contributed by atoms with Gasteiger partial charge in [-0.25, -0.2) is 0 Å². The summed E-state index contributed by atoms with van der Waals surface area (Å²) in [6, 6.07) is 4.16. The molecule has 0 atom stereocenters. The molecule has 0 radical (unpaired) electrons. The van der Waals surface area contributed by atoms with Crippen molar-refractivity contribution < 1.29 is 0 Å². The van der Waals surface area contributed by atoms with Crippen molar-refractivity contribution in [3.8, 4) is 12.1 Å². The fourth-order valence-corrected chi connectivity index (χ4v) is 4.27. The third-order valence-electron chi connectivity index (χ3n) is 1.49. The van der Waals surface area contributed by atoms with Gasteiger partial charge in [0.2, 0.25) is 0 Å². The van der Waals surface area contributed by atoms with Gasteiger partial charge in [0.05, 0.1) is 11.1 Å².